The van der Waals surface area contributed by atoms with Crippen molar-refractivity contribution in [2.24, 2.45) is 0 Å². The van der Waals surface area contributed by atoms with Gasteiger partial charge in [-0.15, -0.1) is 0 Å². The zero-order chi connectivity index (χ0) is 6.99. The molecule has 0 saturated carbocycles. The van der Waals surface area contributed by atoms with E-state index in [2.05, 4.69) is 0 Å². The first-order valence-electron chi connectivity index (χ1n) is 1.89. The summed E-state index contributed by atoms with van der Waals surface area (Å²) >= 11 is 0.500. The van der Waals surface area contributed by atoms with Crippen molar-refractivity contribution in [2.75, 3.05) is 13.2 Å². The van der Waals surface area contributed by atoms with E-state index in [1.54, 1.807) is 0 Å². The molecule has 0 heterocycles. The van der Waals surface area contributed by atoms with E-state index < -0.39 is 6.10 Å². The standard InChI is InChI=1S/C3H8O3.O.Sb/c4-1-3(6)2-5;;/h3-6H,1-2H2;;. The predicted molar refractivity (Wildman–Crippen MR) is 26.6 cm³/mol. The average molecular weight is 230 g/mol. The number of rotatable bonds is 2. The first-order valence-corrected chi connectivity index (χ1v) is 2.93. The van der Waals surface area contributed by atoms with Crippen molar-refractivity contribution in [3.63, 3.8) is 0 Å². The summed E-state index contributed by atoms with van der Waals surface area (Å²) in [6, 6.07) is 0. The monoisotopic (exact) mass is 229 g/mol. The molecule has 0 aliphatic carbocycles. The van der Waals surface area contributed by atoms with E-state index in [4.69, 9.17) is 18.3 Å². The molecule has 0 aliphatic heterocycles. The molecule has 3 N–H and O–H groups in total. The molecule has 0 spiro atoms. The van der Waals surface area contributed by atoms with Crippen LogP contribution in [0.3, 0.4) is 0 Å². The van der Waals surface area contributed by atoms with E-state index in [1.165, 1.54) is 0 Å². The van der Waals surface area contributed by atoms with E-state index in [1.807, 2.05) is 0 Å². The zero-order valence-electron chi connectivity index (χ0n) is 4.19. The van der Waals surface area contributed by atoms with Gasteiger partial charge in [-0.1, -0.05) is 0 Å². The van der Waals surface area contributed by atoms with Crippen LogP contribution >= 0.6 is 0 Å². The third-order valence-corrected chi connectivity index (χ3v) is 0.421. The molecule has 0 aromatic rings. The summed E-state index contributed by atoms with van der Waals surface area (Å²) in [7, 11) is 0. The molecule has 0 amide bonds. The van der Waals surface area contributed by atoms with Crippen LogP contribution < -0.4 is 0 Å². The summed E-state index contributed by atoms with van der Waals surface area (Å²) in [5.41, 5.74) is 0. The normalized spacial score (nSPS) is 8.00. The molecule has 0 aliphatic rings. The molecule has 0 unspecified atom stereocenters. The fourth-order valence-electron chi connectivity index (χ4n) is 0.0577. The van der Waals surface area contributed by atoms with Gasteiger partial charge in [0.25, 0.3) is 0 Å². The molecule has 0 aromatic carbocycles. The number of hydrogen-bond donors (Lipinski definition) is 3. The van der Waals surface area contributed by atoms with Gasteiger partial charge in [0.1, 0.15) is 6.10 Å². The Balaban J connectivity index is 0. The van der Waals surface area contributed by atoms with Crippen LogP contribution in [0.15, 0.2) is 0 Å². The predicted octanol–water partition coefficient (Wildman–Crippen LogP) is -2.17. The van der Waals surface area contributed by atoms with Crippen LogP contribution in [0.4, 0.5) is 0 Å². The number of hydrogen-bond acceptors (Lipinski definition) is 4. The third kappa shape index (κ3) is 9.71. The summed E-state index contributed by atoms with van der Waals surface area (Å²) in [4.78, 5) is 0. The van der Waals surface area contributed by atoms with Gasteiger partial charge in [-0.2, -0.15) is 0 Å². The van der Waals surface area contributed by atoms with Crippen LogP contribution in [0.1, 0.15) is 0 Å². The minimum atomic E-state index is -0.954. The minimum absolute atomic E-state index is 0.365. The third-order valence-electron chi connectivity index (χ3n) is 0.421. The summed E-state index contributed by atoms with van der Waals surface area (Å²) in [6.07, 6.45) is -0.954. The first kappa shape index (κ1) is 11.3. The van der Waals surface area contributed by atoms with Gasteiger partial charge in [0.2, 0.25) is 0 Å². The SMILES string of the molecule is OCC(O)CO.[O]=[Sb]. The van der Waals surface area contributed by atoms with Crippen LogP contribution in [0.2, 0.25) is 0 Å². The Kier molecular flexibility index (Phi) is 14.8. The molecule has 1 radical (unpaired) electrons. The van der Waals surface area contributed by atoms with Crippen molar-refractivity contribution in [3.05, 3.63) is 0 Å². The van der Waals surface area contributed by atoms with Gasteiger partial charge in [-0.3, -0.25) is 0 Å². The molecule has 0 saturated heterocycles. The Morgan fingerprint density at radius 2 is 1.50 bits per heavy atom. The van der Waals surface area contributed by atoms with Gasteiger partial charge < -0.3 is 15.3 Å². The second-order valence-corrected chi connectivity index (χ2v) is 1.02. The van der Waals surface area contributed by atoms with Crippen LogP contribution in [-0.4, -0.2) is 57.6 Å². The first-order chi connectivity index (χ1) is 3.81. The van der Waals surface area contributed by atoms with Crippen molar-refractivity contribution in [3.8, 4) is 0 Å². The van der Waals surface area contributed by atoms with E-state index in [0.717, 1.165) is 0 Å². The van der Waals surface area contributed by atoms with Gasteiger partial charge in [0.15, 0.2) is 0 Å². The fraction of sp³-hybridized carbons (Fsp3) is 1.00. The summed E-state index contributed by atoms with van der Waals surface area (Å²) < 4.78 is 8.30. The van der Waals surface area contributed by atoms with Crippen molar-refractivity contribution < 1.29 is 18.3 Å². The van der Waals surface area contributed by atoms with E-state index in [-0.39, 0.29) is 13.2 Å². The molecule has 0 aromatic heterocycles. The fourth-order valence-corrected chi connectivity index (χ4v) is 0.0577. The molecule has 0 rings (SSSR count). The van der Waals surface area contributed by atoms with Crippen molar-refractivity contribution in [1.82, 2.24) is 0 Å². The van der Waals surface area contributed by atoms with Crippen LogP contribution in [0.25, 0.3) is 0 Å². The molecular weight excluding hydrogens is 222 g/mol. The molecule has 0 fully saturated rings. The van der Waals surface area contributed by atoms with Crippen LogP contribution in [-0.2, 0) is 3.02 Å². The molecule has 4 nitrogen and oxygen atoms in total. The Morgan fingerprint density at radius 3 is 1.50 bits per heavy atom. The summed E-state index contributed by atoms with van der Waals surface area (Å²) in [5.74, 6) is 0. The average Bonchev–Trinajstić information content (AvgIpc) is 1.91. The quantitative estimate of drug-likeness (QED) is 0.472. The second kappa shape index (κ2) is 10.5. The molecule has 5 heteroatoms. The number of aliphatic hydroxyl groups excluding tert-OH is 3. The van der Waals surface area contributed by atoms with Crippen molar-refractivity contribution >= 4 is 23.0 Å². The molecule has 0 bridgehead atoms. The Bertz CT molecular complexity index is 38.3. The Morgan fingerprint density at radius 1 is 1.25 bits per heavy atom. The summed E-state index contributed by atoms with van der Waals surface area (Å²) in [5, 5.41) is 24.0. The Labute approximate surface area is 61.0 Å². The van der Waals surface area contributed by atoms with Crippen molar-refractivity contribution in [2.45, 2.75) is 6.10 Å². The van der Waals surface area contributed by atoms with Crippen molar-refractivity contribution in [1.29, 1.82) is 0 Å². The maximum atomic E-state index is 8.30. The maximum absolute atomic E-state index is 8.30. The van der Waals surface area contributed by atoms with Gasteiger partial charge in [0.05, 0.1) is 13.2 Å². The van der Waals surface area contributed by atoms with E-state index in [0.29, 0.717) is 23.0 Å². The van der Waals surface area contributed by atoms with Gasteiger partial charge in [-0.25, -0.2) is 0 Å². The Hall–Kier alpha value is 0.498. The van der Waals surface area contributed by atoms with Gasteiger partial charge in [0, 0.05) is 0 Å². The second-order valence-electron chi connectivity index (χ2n) is 1.02. The molecule has 8 heavy (non-hydrogen) atoms. The number of aliphatic hydroxyl groups is 3. The van der Waals surface area contributed by atoms with Crippen LogP contribution in [0, 0.1) is 0 Å². The zero-order valence-corrected chi connectivity index (χ0v) is 6.74. The molecular formula is C3H8O4Sb. The molecule has 0 atom stereocenters. The topological polar surface area (TPSA) is 77.8 Å². The van der Waals surface area contributed by atoms with Gasteiger partial charge >= 0.3 is 26.0 Å². The van der Waals surface area contributed by atoms with Crippen LogP contribution in [0.5, 0.6) is 0 Å². The molecule has 49 valence electrons. The van der Waals surface area contributed by atoms with E-state index in [9.17, 15) is 0 Å². The van der Waals surface area contributed by atoms with Gasteiger partial charge in [-0.05, 0) is 0 Å². The summed E-state index contributed by atoms with van der Waals surface area (Å²) in [6.45, 7) is -0.729. The van der Waals surface area contributed by atoms with E-state index >= 15 is 0 Å².